The molecule has 6 heteroatoms. The van der Waals surface area contributed by atoms with Crippen molar-refractivity contribution < 1.29 is 9.59 Å². The number of rotatable bonds is 7. The van der Waals surface area contributed by atoms with Gasteiger partial charge in [0, 0.05) is 24.6 Å². The van der Waals surface area contributed by atoms with Crippen molar-refractivity contribution in [2.45, 2.75) is 58.9 Å². The summed E-state index contributed by atoms with van der Waals surface area (Å²) in [6, 6.07) is 13.9. The molecule has 2 aromatic carbocycles. The number of carbonyl (C=O) groups excluding carboxylic acids is 2. The van der Waals surface area contributed by atoms with E-state index in [9.17, 15) is 9.59 Å². The summed E-state index contributed by atoms with van der Waals surface area (Å²) in [5, 5.41) is 6.10. The van der Waals surface area contributed by atoms with Crippen LogP contribution in [0, 0.1) is 19.8 Å². The molecule has 3 aromatic rings. The van der Waals surface area contributed by atoms with E-state index in [0.717, 1.165) is 59.4 Å². The number of carbonyl (C=O) groups is 2. The van der Waals surface area contributed by atoms with Crippen molar-refractivity contribution in [2.24, 2.45) is 5.92 Å². The van der Waals surface area contributed by atoms with E-state index >= 15 is 0 Å². The third-order valence-corrected chi connectivity index (χ3v) is 6.16. The lowest BCUT2D eigenvalue weighted by Crippen LogP contribution is -2.33. The first-order chi connectivity index (χ1) is 15.5. The molecule has 1 heterocycles. The van der Waals surface area contributed by atoms with Gasteiger partial charge in [-0.25, -0.2) is 4.98 Å². The van der Waals surface area contributed by atoms with Gasteiger partial charge in [-0.2, -0.15) is 0 Å². The Morgan fingerprint density at radius 3 is 2.50 bits per heavy atom. The van der Waals surface area contributed by atoms with Crippen LogP contribution in [0.4, 0.5) is 5.69 Å². The fourth-order valence-corrected chi connectivity index (χ4v) is 4.69. The molecule has 1 aromatic heterocycles. The lowest BCUT2D eigenvalue weighted by Gasteiger charge is -2.20. The number of aromatic nitrogens is 2. The van der Waals surface area contributed by atoms with Gasteiger partial charge in [-0.3, -0.25) is 9.59 Å². The number of nitrogens with zero attached hydrogens (tertiary/aromatic N) is 2. The van der Waals surface area contributed by atoms with Crippen molar-refractivity contribution in [3.63, 3.8) is 0 Å². The summed E-state index contributed by atoms with van der Waals surface area (Å²) >= 11 is 0. The maximum atomic E-state index is 12.9. The van der Waals surface area contributed by atoms with E-state index < -0.39 is 0 Å². The number of aryl methyl sites for hydroxylation is 2. The van der Waals surface area contributed by atoms with E-state index in [2.05, 4.69) is 16.7 Å². The molecule has 6 nitrogen and oxygen atoms in total. The van der Waals surface area contributed by atoms with E-state index in [0.29, 0.717) is 13.0 Å². The van der Waals surface area contributed by atoms with Gasteiger partial charge in [0.05, 0.1) is 11.0 Å². The molecule has 1 fully saturated rings. The monoisotopic (exact) mass is 432 g/mol. The van der Waals surface area contributed by atoms with Crippen molar-refractivity contribution >= 4 is 28.5 Å². The van der Waals surface area contributed by atoms with Crippen LogP contribution in [0.3, 0.4) is 0 Å². The minimum Gasteiger partial charge on any atom is -0.355 e. The minimum atomic E-state index is -0.0920. The average molecular weight is 433 g/mol. The van der Waals surface area contributed by atoms with Gasteiger partial charge >= 0.3 is 0 Å². The van der Waals surface area contributed by atoms with E-state index in [1.54, 1.807) is 0 Å². The first-order valence-corrected chi connectivity index (χ1v) is 11.6. The van der Waals surface area contributed by atoms with Gasteiger partial charge in [-0.15, -0.1) is 0 Å². The highest BCUT2D eigenvalue weighted by molar-refractivity contribution is 5.92. The second-order valence-electron chi connectivity index (χ2n) is 8.90. The molecule has 0 bridgehead atoms. The molecular weight excluding hydrogens is 400 g/mol. The second kappa shape index (κ2) is 9.98. The number of para-hydroxylation sites is 2. The molecule has 0 aliphatic heterocycles. The van der Waals surface area contributed by atoms with Gasteiger partial charge in [-0.1, -0.05) is 37.5 Å². The third kappa shape index (κ3) is 5.36. The summed E-state index contributed by atoms with van der Waals surface area (Å²) in [5.74, 6) is 1.02. The lowest BCUT2D eigenvalue weighted by atomic mass is 9.89. The molecule has 2 N–H and O–H groups in total. The maximum absolute atomic E-state index is 12.9. The van der Waals surface area contributed by atoms with Crippen LogP contribution in [-0.4, -0.2) is 27.9 Å². The fraction of sp³-hybridized carbons (Fsp3) is 0.423. The van der Waals surface area contributed by atoms with Gasteiger partial charge in [0.15, 0.2) is 0 Å². The SMILES string of the molecule is Cc1cc(C)cc(NC(=O)Cn2c(CCNC(=O)C3CCCCC3)nc3ccccc32)c1. The van der Waals surface area contributed by atoms with Crippen molar-refractivity contribution in [1.29, 1.82) is 0 Å². The standard InChI is InChI=1S/C26H32N4O2/c1-18-14-19(2)16-21(15-18)28-25(31)17-30-23-11-7-6-10-22(23)29-24(30)12-13-27-26(32)20-8-4-3-5-9-20/h6-7,10-11,14-16,20H,3-5,8-9,12-13,17H2,1-2H3,(H,27,32)(H,28,31). The average Bonchev–Trinajstić information content (AvgIpc) is 3.10. The number of fused-ring (bicyclic) bond motifs is 1. The van der Waals surface area contributed by atoms with E-state index in [-0.39, 0.29) is 24.3 Å². The molecule has 0 radical (unpaired) electrons. The van der Waals surface area contributed by atoms with Crippen LogP contribution >= 0.6 is 0 Å². The number of imidazole rings is 1. The number of nitrogens with one attached hydrogen (secondary N) is 2. The predicted molar refractivity (Wildman–Crippen MR) is 128 cm³/mol. The van der Waals surface area contributed by atoms with Crippen LogP contribution in [0.5, 0.6) is 0 Å². The first kappa shape index (κ1) is 22.1. The van der Waals surface area contributed by atoms with Crippen LogP contribution in [0.1, 0.15) is 49.1 Å². The Hall–Kier alpha value is -3.15. The summed E-state index contributed by atoms with van der Waals surface area (Å²) < 4.78 is 1.96. The Bertz CT molecular complexity index is 1090. The van der Waals surface area contributed by atoms with Crippen molar-refractivity contribution in [1.82, 2.24) is 14.9 Å². The Labute approximate surface area is 189 Å². The molecule has 0 unspecified atom stereocenters. The molecule has 4 rings (SSSR count). The van der Waals surface area contributed by atoms with Crippen LogP contribution in [0.15, 0.2) is 42.5 Å². The summed E-state index contributed by atoms with van der Waals surface area (Å²) in [4.78, 5) is 30.1. The molecule has 1 aliphatic rings. The van der Waals surface area contributed by atoms with Gasteiger partial charge in [-0.05, 0) is 62.1 Å². The van der Waals surface area contributed by atoms with Crippen LogP contribution in [0.25, 0.3) is 11.0 Å². The summed E-state index contributed by atoms with van der Waals surface area (Å²) in [7, 11) is 0. The van der Waals surface area contributed by atoms with Crippen LogP contribution in [0.2, 0.25) is 0 Å². The molecular formula is C26H32N4O2. The summed E-state index contributed by atoms with van der Waals surface area (Å²) in [5.41, 5.74) is 4.82. The van der Waals surface area contributed by atoms with E-state index in [1.165, 1.54) is 6.42 Å². The molecule has 0 spiro atoms. The molecule has 0 atom stereocenters. The minimum absolute atomic E-state index is 0.0920. The van der Waals surface area contributed by atoms with Gasteiger partial charge in [0.1, 0.15) is 12.4 Å². The summed E-state index contributed by atoms with van der Waals surface area (Å²) in [6.45, 7) is 4.74. The highest BCUT2D eigenvalue weighted by Crippen LogP contribution is 2.23. The van der Waals surface area contributed by atoms with E-state index in [4.69, 9.17) is 4.98 Å². The molecule has 168 valence electrons. The Morgan fingerprint density at radius 1 is 1.03 bits per heavy atom. The number of benzene rings is 2. The van der Waals surface area contributed by atoms with Crippen LogP contribution in [-0.2, 0) is 22.6 Å². The number of hydrogen-bond donors (Lipinski definition) is 2. The highest BCUT2D eigenvalue weighted by Gasteiger charge is 2.21. The maximum Gasteiger partial charge on any atom is 0.244 e. The summed E-state index contributed by atoms with van der Waals surface area (Å²) in [6.07, 6.45) is 6.08. The largest absolute Gasteiger partial charge is 0.355 e. The van der Waals surface area contributed by atoms with Gasteiger partial charge < -0.3 is 15.2 Å². The fourth-order valence-electron chi connectivity index (χ4n) is 4.69. The number of anilines is 1. The predicted octanol–water partition coefficient (Wildman–Crippen LogP) is 4.53. The first-order valence-electron chi connectivity index (χ1n) is 11.6. The molecule has 0 saturated heterocycles. The van der Waals surface area contributed by atoms with Crippen LogP contribution < -0.4 is 10.6 Å². The van der Waals surface area contributed by atoms with Crippen molar-refractivity contribution in [2.75, 3.05) is 11.9 Å². The topological polar surface area (TPSA) is 76.0 Å². The molecule has 32 heavy (non-hydrogen) atoms. The smallest absolute Gasteiger partial charge is 0.244 e. The normalized spacial score (nSPS) is 14.4. The van der Waals surface area contributed by atoms with Crippen molar-refractivity contribution in [3.05, 3.63) is 59.4 Å². The number of amides is 2. The Morgan fingerprint density at radius 2 is 1.75 bits per heavy atom. The molecule has 1 saturated carbocycles. The zero-order chi connectivity index (χ0) is 22.5. The van der Waals surface area contributed by atoms with Gasteiger partial charge in [0.2, 0.25) is 11.8 Å². The highest BCUT2D eigenvalue weighted by atomic mass is 16.2. The lowest BCUT2D eigenvalue weighted by molar-refractivity contribution is -0.125. The zero-order valence-electron chi connectivity index (χ0n) is 19.0. The second-order valence-corrected chi connectivity index (χ2v) is 8.90. The zero-order valence-corrected chi connectivity index (χ0v) is 19.0. The number of hydrogen-bond acceptors (Lipinski definition) is 3. The Balaban J connectivity index is 1.45. The van der Waals surface area contributed by atoms with Gasteiger partial charge in [0.25, 0.3) is 0 Å². The Kier molecular flexibility index (Phi) is 6.88. The molecule has 1 aliphatic carbocycles. The quantitative estimate of drug-likeness (QED) is 0.576. The van der Waals surface area contributed by atoms with E-state index in [1.807, 2.05) is 54.8 Å². The molecule has 2 amide bonds. The van der Waals surface area contributed by atoms with Crippen molar-refractivity contribution in [3.8, 4) is 0 Å². The third-order valence-electron chi connectivity index (χ3n) is 6.16.